The van der Waals surface area contributed by atoms with Crippen molar-refractivity contribution in [3.05, 3.63) is 70.7 Å². The maximum atomic E-state index is 12.4. The van der Waals surface area contributed by atoms with Crippen LogP contribution in [0.4, 0.5) is 0 Å². The molecular formula is C23H27ClN2O2. The van der Waals surface area contributed by atoms with Crippen LogP contribution in [-0.2, 0) is 16.0 Å². The normalized spacial score (nSPS) is 19.9. The van der Waals surface area contributed by atoms with E-state index < -0.39 is 0 Å². The predicted molar refractivity (Wildman–Crippen MR) is 112 cm³/mol. The Balaban J connectivity index is 1.54. The third-order valence-corrected chi connectivity index (χ3v) is 5.75. The molecule has 148 valence electrons. The lowest BCUT2D eigenvalue weighted by molar-refractivity contribution is -0.122. The minimum Gasteiger partial charge on any atom is -0.356 e. The van der Waals surface area contributed by atoms with Gasteiger partial charge in [0.1, 0.15) is 0 Å². The predicted octanol–water partition coefficient (Wildman–Crippen LogP) is 4.23. The second-order valence-corrected chi connectivity index (χ2v) is 8.18. The molecule has 0 saturated carbocycles. The Labute approximate surface area is 171 Å². The van der Waals surface area contributed by atoms with E-state index in [4.69, 9.17) is 11.6 Å². The van der Waals surface area contributed by atoms with E-state index in [1.165, 1.54) is 5.56 Å². The van der Waals surface area contributed by atoms with Crippen LogP contribution in [0.3, 0.4) is 0 Å². The number of halogens is 1. The van der Waals surface area contributed by atoms with Crippen molar-refractivity contribution in [2.45, 2.75) is 50.5 Å². The summed E-state index contributed by atoms with van der Waals surface area (Å²) in [6, 6.07) is 17.8. The molecule has 2 aromatic rings. The molecule has 3 rings (SSSR count). The number of carbonyl (C=O) groups is 2. The summed E-state index contributed by atoms with van der Waals surface area (Å²) >= 11 is 5.97. The van der Waals surface area contributed by atoms with Gasteiger partial charge in [0.05, 0.1) is 0 Å². The highest BCUT2D eigenvalue weighted by molar-refractivity contribution is 6.30. The van der Waals surface area contributed by atoms with Crippen LogP contribution in [0.5, 0.6) is 0 Å². The molecule has 1 saturated heterocycles. The lowest BCUT2D eigenvalue weighted by Crippen LogP contribution is -2.44. The van der Waals surface area contributed by atoms with Crippen LogP contribution < -0.4 is 10.6 Å². The summed E-state index contributed by atoms with van der Waals surface area (Å²) in [4.78, 5) is 24.3. The highest BCUT2D eigenvalue weighted by Crippen LogP contribution is 2.30. The molecule has 2 atom stereocenters. The fraction of sp³-hybridized carbons (Fsp3) is 0.391. The van der Waals surface area contributed by atoms with E-state index in [0.717, 1.165) is 12.0 Å². The smallest absolute Gasteiger partial charge is 0.220 e. The fourth-order valence-corrected chi connectivity index (χ4v) is 3.91. The van der Waals surface area contributed by atoms with Crippen molar-refractivity contribution >= 4 is 23.4 Å². The molecule has 0 aliphatic carbocycles. The summed E-state index contributed by atoms with van der Waals surface area (Å²) < 4.78 is 0. The molecule has 1 aliphatic rings. The maximum Gasteiger partial charge on any atom is 0.220 e. The number of carbonyl (C=O) groups excluding carboxylic acids is 2. The number of benzene rings is 2. The van der Waals surface area contributed by atoms with Crippen LogP contribution in [0.25, 0.3) is 0 Å². The van der Waals surface area contributed by atoms with Crippen LogP contribution in [0.15, 0.2) is 54.6 Å². The summed E-state index contributed by atoms with van der Waals surface area (Å²) in [6.07, 6.45) is 3.01. The Morgan fingerprint density at radius 2 is 1.89 bits per heavy atom. The molecule has 1 fully saturated rings. The van der Waals surface area contributed by atoms with Crippen molar-refractivity contribution in [3.8, 4) is 0 Å². The average molecular weight is 399 g/mol. The van der Waals surface area contributed by atoms with Gasteiger partial charge in [-0.15, -0.1) is 0 Å². The van der Waals surface area contributed by atoms with Crippen molar-refractivity contribution in [2.24, 2.45) is 0 Å². The topological polar surface area (TPSA) is 58.2 Å². The molecule has 0 spiro atoms. The van der Waals surface area contributed by atoms with Crippen LogP contribution in [0.1, 0.15) is 49.7 Å². The van der Waals surface area contributed by atoms with Crippen molar-refractivity contribution in [1.82, 2.24) is 10.6 Å². The van der Waals surface area contributed by atoms with E-state index in [1.54, 1.807) is 0 Å². The summed E-state index contributed by atoms with van der Waals surface area (Å²) in [5.41, 5.74) is 1.97. The van der Waals surface area contributed by atoms with Crippen LogP contribution in [0.2, 0.25) is 5.02 Å². The zero-order valence-electron chi connectivity index (χ0n) is 16.2. The van der Waals surface area contributed by atoms with Gasteiger partial charge in [0.2, 0.25) is 11.8 Å². The summed E-state index contributed by atoms with van der Waals surface area (Å²) in [7, 11) is 0. The van der Waals surface area contributed by atoms with E-state index in [9.17, 15) is 9.59 Å². The van der Waals surface area contributed by atoms with Crippen molar-refractivity contribution in [3.63, 3.8) is 0 Å². The Hall–Kier alpha value is -2.33. The first-order valence-electron chi connectivity index (χ1n) is 9.83. The quantitative estimate of drug-likeness (QED) is 0.699. The second-order valence-electron chi connectivity index (χ2n) is 7.75. The minimum atomic E-state index is -0.354. The van der Waals surface area contributed by atoms with Gasteiger partial charge in [-0.3, -0.25) is 9.59 Å². The van der Waals surface area contributed by atoms with E-state index in [-0.39, 0.29) is 23.3 Å². The largest absolute Gasteiger partial charge is 0.356 e. The number of amides is 2. The van der Waals surface area contributed by atoms with Gasteiger partial charge in [0, 0.05) is 29.9 Å². The third kappa shape index (κ3) is 5.59. The van der Waals surface area contributed by atoms with E-state index in [0.29, 0.717) is 37.3 Å². The zero-order chi connectivity index (χ0) is 20.0. The lowest BCUT2D eigenvalue weighted by atomic mass is 9.85. The molecule has 5 heteroatoms. The molecule has 1 heterocycles. The summed E-state index contributed by atoms with van der Waals surface area (Å²) in [6.45, 7) is 2.72. The SMILES string of the molecule is CC(CNC(=O)CCC1(Cc2ccc(Cl)cc2)CCC(=O)N1)c1ccccc1. The second kappa shape index (κ2) is 9.24. The van der Waals surface area contributed by atoms with Crippen molar-refractivity contribution < 1.29 is 9.59 Å². The standard InChI is InChI=1S/C23H27ClN2O2/c1-17(19-5-3-2-4-6-19)16-25-21(27)11-13-23(14-12-22(28)26-23)15-18-7-9-20(24)10-8-18/h2-10,17H,11-16H2,1H3,(H,25,27)(H,26,28). The van der Waals surface area contributed by atoms with Gasteiger partial charge in [0.25, 0.3) is 0 Å². The van der Waals surface area contributed by atoms with Crippen LogP contribution in [-0.4, -0.2) is 23.9 Å². The minimum absolute atomic E-state index is 0.0272. The zero-order valence-corrected chi connectivity index (χ0v) is 17.0. The number of hydrogen-bond donors (Lipinski definition) is 2. The van der Waals surface area contributed by atoms with Gasteiger partial charge in [-0.05, 0) is 48.4 Å². The number of nitrogens with one attached hydrogen (secondary N) is 2. The van der Waals surface area contributed by atoms with E-state index >= 15 is 0 Å². The van der Waals surface area contributed by atoms with Crippen LogP contribution >= 0.6 is 11.6 Å². The molecule has 0 radical (unpaired) electrons. The van der Waals surface area contributed by atoms with E-state index in [1.807, 2.05) is 42.5 Å². The fourth-order valence-electron chi connectivity index (χ4n) is 3.78. The monoisotopic (exact) mass is 398 g/mol. The maximum absolute atomic E-state index is 12.4. The average Bonchev–Trinajstić information content (AvgIpc) is 3.08. The molecule has 2 amide bonds. The molecule has 28 heavy (non-hydrogen) atoms. The summed E-state index contributed by atoms with van der Waals surface area (Å²) in [5.74, 6) is 0.353. The first-order valence-corrected chi connectivity index (χ1v) is 10.2. The number of hydrogen-bond acceptors (Lipinski definition) is 2. The molecular weight excluding hydrogens is 372 g/mol. The Bertz CT molecular complexity index is 807. The first kappa shape index (κ1) is 20.4. The van der Waals surface area contributed by atoms with Gasteiger partial charge in [-0.1, -0.05) is 61.0 Å². The van der Waals surface area contributed by atoms with Crippen LogP contribution in [0, 0.1) is 0 Å². The highest BCUT2D eigenvalue weighted by Gasteiger charge is 2.37. The first-order chi connectivity index (χ1) is 13.5. The molecule has 4 nitrogen and oxygen atoms in total. The van der Waals surface area contributed by atoms with Gasteiger partial charge in [0.15, 0.2) is 0 Å². The lowest BCUT2D eigenvalue weighted by Gasteiger charge is -2.29. The van der Waals surface area contributed by atoms with Gasteiger partial charge >= 0.3 is 0 Å². The molecule has 2 aromatic carbocycles. The molecule has 2 N–H and O–H groups in total. The third-order valence-electron chi connectivity index (χ3n) is 5.50. The van der Waals surface area contributed by atoms with Crippen molar-refractivity contribution in [2.75, 3.05) is 6.54 Å². The Morgan fingerprint density at radius 1 is 1.18 bits per heavy atom. The summed E-state index contributed by atoms with van der Waals surface area (Å²) in [5, 5.41) is 6.85. The molecule has 2 unspecified atom stereocenters. The van der Waals surface area contributed by atoms with E-state index in [2.05, 4.69) is 29.7 Å². The Morgan fingerprint density at radius 3 is 2.54 bits per heavy atom. The molecule has 0 aromatic heterocycles. The van der Waals surface area contributed by atoms with Gasteiger partial charge in [-0.2, -0.15) is 0 Å². The van der Waals surface area contributed by atoms with Crippen molar-refractivity contribution in [1.29, 1.82) is 0 Å². The van der Waals surface area contributed by atoms with Gasteiger partial charge in [-0.25, -0.2) is 0 Å². The highest BCUT2D eigenvalue weighted by atomic mass is 35.5. The number of rotatable bonds is 8. The Kier molecular flexibility index (Phi) is 6.74. The molecule has 0 bridgehead atoms. The van der Waals surface area contributed by atoms with Gasteiger partial charge < -0.3 is 10.6 Å². The molecule has 1 aliphatic heterocycles.